The molecule has 0 aromatic rings. The third kappa shape index (κ3) is 3.56. The fourth-order valence-electron chi connectivity index (χ4n) is 1.23. The zero-order chi connectivity index (χ0) is 9.40. The largest absolute Gasteiger partial charge is 0.0985 e. The molecule has 0 aliphatic carbocycles. The first kappa shape index (κ1) is 11.2. The van der Waals surface area contributed by atoms with Gasteiger partial charge in [-0.05, 0) is 24.8 Å². The Morgan fingerprint density at radius 1 is 1.17 bits per heavy atom. The van der Waals surface area contributed by atoms with E-state index < -0.39 is 0 Å². The van der Waals surface area contributed by atoms with Crippen LogP contribution in [0.15, 0.2) is 36.0 Å². The molecular formula is C12H20. The minimum Gasteiger partial charge on any atom is -0.0985 e. The second-order valence-corrected chi connectivity index (χ2v) is 2.78. The Morgan fingerprint density at radius 3 is 2.08 bits per heavy atom. The number of allylic oxidation sites excluding steroid dienone is 5. The van der Waals surface area contributed by atoms with Crippen molar-refractivity contribution in [3.8, 4) is 0 Å². The van der Waals surface area contributed by atoms with Crippen LogP contribution < -0.4 is 0 Å². The number of hydrogen-bond acceptors (Lipinski definition) is 0. The second-order valence-electron chi connectivity index (χ2n) is 2.78. The predicted molar refractivity (Wildman–Crippen MR) is 57.2 cm³/mol. The Bertz CT molecular complexity index is 176. The van der Waals surface area contributed by atoms with Gasteiger partial charge in [0.2, 0.25) is 0 Å². The summed E-state index contributed by atoms with van der Waals surface area (Å²) in [6, 6.07) is 0. The maximum Gasteiger partial charge on any atom is -0.0274 e. The van der Waals surface area contributed by atoms with Gasteiger partial charge in [0.15, 0.2) is 0 Å². The van der Waals surface area contributed by atoms with E-state index in [2.05, 4.69) is 39.5 Å². The summed E-state index contributed by atoms with van der Waals surface area (Å²) < 4.78 is 0. The van der Waals surface area contributed by atoms with Gasteiger partial charge in [-0.2, -0.15) is 0 Å². The molecule has 0 saturated carbocycles. The van der Waals surface area contributed by atoms with E-state index >= 15 is 0 Å². The van der Waals surface area contributed by atoms with E-state index in [1.807, 2.05) is 6.08 Å². The van der Waals surface area contributed by atoms with E-state index in [0.29, 0.717) is 0 Å². The summed E-state index contributed by atoms with van der Waals surface area (Å²) in [6.07, 6.45) is 9.67. The quantitative estimate of drug-likeness (QED) is 0.533. The molecule has 0 N–H and O–H groups in total. The van der Waals surface area contributed by atoms with Crippen LogP contribution in [0.4, 0.5) is 0 Å². The van der Waals surface area contributed by atoms with Crippen molar-refractivity contribution in [3.63, 3.8) is 0 Å². The predicted octanol–water partition coefficient (Wildman–Crippen LogP) is 4.26. The molecule has 0 aliphatic heterocycles. The van der Waals surface area contributed by atoms with Crippen LogP contribution in [0.5, 0.6) is 0 Å². The first-order chi connectivity index (χ1) is 5.79. The van der Waals surface area contributed by atoms with Crippen molar-refractivity contribution in [2.75, 3.05) is 0 Å². The molecule has 12 heavy (non-hydrogen) atoms. The number of rotatable bonds is 5. The highest BCUT2D eigenvalue weighted by Crippen LogP contribution is 2.14. The summed E-state index contributed by atoms with van der Waals surface area (Å²) in [5.74, 6) is 0. The standard InChI is InChI=1S/C12H20/c1-5-9-10-12(8-4)11(6-2)7-3/h8-10H,4-7H2,1-3H3. The van der Waals surface area contributed by atoms with Gasteiger partial charge in [-0.3, -0.25) is 0 Å². The van der Waals surface area contributed by atoms with E-state index in [9.17, 15) is 0 Å². The van der Waals surface area contributed by atoms with Crippen LogP contribution >= 0.6 is 0 Å². The van der Waals surface area contributed by atoms with Crippen molar-refractivity contribution < 1.29 is 0 Å². The smallest absolute Gasteiger partial charge is 0.0274 e. The minimum absolute atomic E-state index is 1.10. The fourth-order valence-corrected chi connectivity index (χ4v) is 1.23. The van der Waals surface area contributed by atoms with Crippen molar-refractivity contribution >= 4 is 0 Å². The molecule has 0 fully saturated rings. The van der Waals surface area contributed by atoms with Crippen LogP contribution in [0.25, 0.3) is 0 Å². The van der Waals surface area contributed by atoms with E-state index in [4.69, 9.17) is 0 Å². The molecule has 0 aromatic carbocycles. The van der Waals surface area contributed by atoms with Crippen molar-refractivity contribution in [3.05, 3.63) is 36.0 Å². The Balaban J connectivity index is 4.57. The maximum absolute atomic E-state index is 3.82. The third-order valence-electron chi connectivity index (χ3n) is 2.01. The lowest BCUT2D eigenvalue weighted by molar-refractivity contribution is 0.965. The Morgan fingerprint density at radius 2 is 1.75 bits per heavy atom. The van der Waals surface area contributed by atoms with E-state index in [0.717, 1.165) is 19.3 Å². The highest BCUT2D eigenvalue weighted by molar-refractivity contribution is 5.34. The minimum atomic E-state index is 1.10. The van der Waals surface area contributed by atoms with Gasteiger partial charge < -0.3 is 0 Å². The monoisotopic (exact) mass is 164 g/mol. The van der Waals surface area contributed by atoms with Crippen LogP contribution in [-0.2, 0) is 0 Å². The van der Waals surface area contributed by atoms with Crippen LogP contribution in [0.3, 0.4) is 0 Å². The van der Waals surface area contributed by atoms with Gasteiger partial charge in [-0.1, -0.05) is 51.2 Å². The average Bonchev–Trinajstić information content (AvgIpc) is 2.12. The molecular weight excluding hydrogens is 144 g/mol. The molecule has 0 heterocycles. The SMILES string of the molecule is C=CC(C=CCC)=C(CC)CC. The van der Waals surface area contributed by atoms with Crippen molar-refractivity contribution in [2.45, 2.75) is 40.0 Å². The van der Waals surface area contributed by atoms with Crippen molar-refractivity contribution in [2.24, 2.45) is 0 Å². The van der Waals surface area contributed by atoms with E-state index in [-0.39, 0.29) is 0 Å². The van der Waals surface area contributed by atoms with Crippen LogP contribution in [0, 0.1) is 0 Å². The Labute approximate surface area is 76.7 Å². The van der Waals surface area contributed by atoms with Crippen molar-refractivity contribution in [1.29, 1.82) is 0 Å². The molecule has 0 heteroatoms. The lowest BCUT2D eigenvalue weighted by Crippen LogP contribution is -1.83. The first-order valence-corrected chi connectivity index (χ1v) is 4.81. The van der Waals surface area contributed by atoms with E-state index in [1.54, 1.807) is 0 Å². The molecule has 0 radical (unpaired) electrons. The van der Waals surface area contributed by atoms with Gasteiger partial charge in [-0.15, -0.1) is 0 Å². The summed E-state index contributed by atoms with van der Waals surface area (Å²) in [7, 11) is 0. The first-order valence-electron chi connectivity index (χ1n) is 4.81. The summed E-state index contributed by atoms with van der Waals surface area (Å²) in [5, 5.41) is 0. The third-order valence-corrected chi connectivity index (χ3v) is 2.01. The molecule has 0 nitrogen and oxygen atoms in total. The molecule has 68 valence electrons. The zero-order valence-corrected chi connectivity index (χ0v) is 8.56. The highest BCUT2D eigenvalue weighted by Gasteiger charge is 1.94. The molecule has 0 aliphatic rings. The van der Waals surface area contributed by atoms with Gasteiger partial charge in [0.25, 0.3) is 0 Å². The van der Waals surface area contributed by atoms with Crippen molar-refractivity contribution in [1.82, 2.24) is 0 Å². The molecule has 0 saturated heterocycles. The molecule has 0 aromatic heterocycles. The summed E-state index contributed by atoms with van der Waals surface area (Å²) in [6.45, 7) is 10.4. The normalized spacial score (nSPS) is 10.2. The van der Waals surface area contributed by atoms with Gasteiger partial charge >= 0.3 is 0 Å². The molecule has 0 amide bonds. The fraction of sp³-hybridized carbons (Fsp3) is 0.500. The van der Waals surface area contributed by atoms with Crippen LogP contribution in [0.2, 0.25) is 0 Å². The average molecular weight is 164 g/mol. The number of hydrogen-bond donors (Lipinski definition) is 0. The van der Waals surface area contributed by atoms with Gasteiger partial charge in [0.05, 0.1) is 0 Å². The van der Waals surface area contributed by atoms with Gasteiger partial charge in [0.1, 0.15) is 0 Å². The maximum atomic E-state index is 3.82. The summed E-state index contributed by atoms with van der Waals surface area (Å²) >= 11 is 0. The molecule has 0 spiro atoms. The second kappa shape index (κ2) is 6.90. The highest BCUT2D eigenvalue weighted by atomic mass is 14.0. The molecule has 0 bridgehead atoms. The van der Waals surface area contributed by atoms with Gasteiger partial charge in [0, 0.05) is 0 Å². The summed E-state index contributed by atoms with van der Waals surface area (Å²) in [4.78, 5) is 0. The Hall–Kier alpha value is -0.780. The molecule has 0 rings (SSSR count). The Kier molecular flexibility index (Phi) is 6.45. The molecule has 0 atom stereocenters. The van der Waals surface area contributed by atoms with Gasteiger partial charge in [-0.25, -0.2) is 0 Å². The van der Waals surface area contributed by atoms with Crippen LogP contribution in [0.1, 0.15) is 40.0 Å². The van der Waals surface area contributed by atoms with E-state index in [1.165, 1.54) is 11.1 Å². The molecule has 0 unspecified atom stereocenters. The zero-order valence-electron chi connectivity index (χ0n) is 8.56. The lowest BCUT2D eigenvalue weighted by atomic mass is 10.0. The summed E-state index contributed by atoms with van der Waals surface area (Å²) in [5.41, 5.74) is 2.80. The lowest BCUT2D eigenvalue weighted by Gasteiger charge is -2.03. The topological polar surface area (TPSA) is 0 Å². The van der Waals surface area contributed by atoms with Crippen LogP contribution in [-0.4, -0.2) is 0 Å².